The number of rotatable bonds is 2. The van der Waals surface area contributed by atoms with Crippen molar-refractivity contribution in [3.63, 3.8) is 0 Å². The van der Waals surface area contributed by atoms with Crippen LogP contribution in [0.4, 0.5) is 20.4 Å². The summed E-state index contributed by atoms with van der Waals surface area (Å²) in [5, 5.41) is 2.60. The first-order chi connectivity index (χ1) is 8.11. The Bertz CT molecular complexity index is 414. The number of aromatic nitrogens is 1. The molecule has 4 nitrogen and oxygen atoms in total. The van der Waals surface area contributed by atoms with Gasteiger partial charge in [0, 0.05) is 26.2 Å². The molecule has 1 aliphatic rings. The maximum atomic E-state index is 13.7. The summed E-state index contributed by atoms with van der Waals surface area (Å²) in [5.41, 5.74) is 0. The lowest BCUT2D eigenvalue weighted by Crippen LogP contribution is -2.42. The fourth-order valence-electron chi connectivity index (χ4n) is 1.86. The summed E-state index contributed by atoms with van der Waals surface area (Å²) in [4.78, 5) is 5.73. The van der Waals surface area contributed by atoms with Gasteiger partial charge in [0.2, 0.25) is 0 Å². The zero-order valence-electron chi connectivity index (χ0n) is 9.83. The van der Waals surface area contributed by atoms with Gasteiger partial charge in [0.25, 0.3) is 0 Å². The van der Waals surface area contributed by atoms with E-state index < -0.39 is 11.6 Å². The lowest BCUT2D eigenvalue weighted by molar-refractivity contribution is 0.0527. The first kappa shape index (κ1) is 12.0. The minimum absolute atomic E-state index is 0.0213. The van der Waals surface area contributed by atoms with Crippen LogP contribution < -0.4 is 10.2 Å². The van der Waals surface area contributed by atoms with E-state index in [1.165, 1.54) is 0 Å². The summed E-state index contributed by atoms with van der Waals surface area (Å²) in [5.74, 6) is -1.10. The van der Waals surface area contributed by atoms with Crippen molar-refractivity contribution in [2.75, 3.05) is 37.0 Å². The molecular formula is C11H15F2N3O. The van der Waals surface area contributed by atoms with E-state index in [9.17, 15) is 8.78 Å². The zero-order chi connectivity index (χ0) is 12.4. The van der Waals surface area contributed by atoms with Crippen LogP contribution in [0, 0.1) is 11.6 Å². The Labute approximate surface area is 98.6 Å². The maximum Gasteiger partial charge on any atom is 0.168 e. The van der Waals surface area contributed by atoms with Crippen LogP contribution in [0.1, 0.15) is 6.92 Å². The minimum Gasteiger partial charge on any atom is -0.375 e. The van der Waals surface area contributed by atoms with E-state index in [1.807, 2.05) is 6.92 Å². The number of hydrogen-bond donors (Lipinski definition) is 1. The number of ether oxygens (including phenoxy) is 1. The number of pyridine rings is 1. The Kier molecular flexibility index (Phi) is 3.42. The molecule has 1 N–H and O–H groups in total. The third-order valence-electron chi connectivity index (χ3n) is 2.69. The van der Waals surface area contributed by atoms with Gasteiger partial charge in [-0.15, -0.1) is 0 Å². The average molecular weight is 243 g/mol. The molecule has 0 saturated carbocycles. The molecular weight excluding hydrogens is 228 g/mol. The van der Waals surface area contributed by atoms with Crippen LogP contribution >= 0.6 is 0 Å². The van der Waals surface area contributed by atoms with Crippen molar-refractivity contribution in [3.8, 4) is 0 Å². The fourth-order valence-corrected chi connectivity index (χ4v) is 1.86. The summed E-state index contributed by atoms with van der Waals surface area (Å²) in [6.07, 6.45) is 0.0213. The molecule has 0 radical (unpaired) electrons. The second-order valence-electron chi connectivity index (χ2n) is 4.00. The second kappa shape index (κ2) is 4.83. The predicted octanol–water partition coefficient (Wildman–Crippen LogP) is 1.63. The van der Waals surface area contributed by atoms with E-state index in [-0.39, 0.29) is 17.7 Å². The molecule has 0 amide bonds. The molecule has 17 heavy (non-hydrogen) atoms. The van der Waals surface area contributed by atoms with Gasteiger partial charge in [-0.25, -0.2) is 13.8 Å². The molecule has 6 heteroatoms. The molecule has 1 atom stereocenters. The highest BCUT2D eigenvalue weighted by atomic mass is 19.1. The SMILES string of the molecule is CNc1nc(N2CCOC(C)C2)c(F)cc1F. The van der Waals surface area contributed by atoms with E-state index in [0.29, 0.717) is 19.7 Å². The Balaban J connectivity index is 2.30. The lowest BCUT2D eigenvalue weighted by atomic mass is 10.3. The van der Waals surface area contributed by atoms with Crippen molar-refractivity contribution in [1.82, 2.24) is 4.98 Å². The van der Waals surface area contributed by atoms with Crippen molar-refractivity contribution in [2.45, 2.75) is 13.0 Å². The van der Waals surface area contributed by atoms with Gasteiger partial charge >= 0.3 is 0 Å². The van der Waals surface area contributed by atoms with Crippen LogP contribution in [0.2, 0.25) is 0 Å². The van der Waals surface area contributed by atoms with Crippen LogP contribution in [-0.4, -0.2) is 37.8 Å². The Morgan fingerprint density at radius 1 is 1.47 bits per heavy atom. The van der Waals surface area contributed by atoms with Crippen LogP contribution in [-0.2, 0) is 4.74 Å². The Hall–Kier alpha value is -1.43. The number of nitrogens with one attached hydrogen (secondary N) is 1. The van der Waals surface area contributed by atoms with Crippen LogP contribution in [0.3, 0.4) is 0 Å². The number of morpholine rings is 1. The zero-order valence-corrected chi connectivity index (χ0v) is 9.83. The standard InChI is InChI=1S/C11H15F2N3O/c1-7-6-16(3-4-17-7)11-9(13)5-8(12)10(14-2)15-11/h5,7H,3-4,6H2,1-2H3,(H,14,15). The largest absolute Gasteiger partial charge is 0.375 e. The van der Waals surface area contributed by atoms with E-state index >= 15 is 0 Å². The van der Waals surface area contributed by atoms with E-state index in [2.05, 4.69) is 10.3 Å². The monoisotopic (exact) mass is 243 g/mol. The van der Waals surface area contributed by atoms with Gasteiger partial charge in [0.05, 0.1) is 12.7 Å². The first-order valence-corrected chi connectivity index (χ1v) is 5.52. The highest BCUT2D eigenvalue weighted by molar-refractivity contribution is 5.49. The third kappa shape index (κ3) is 2.46. The molecule has 94 valence electrons. The fraction of sp³-hybridized carbons (Fsp3) is 0.545. The van der Waals surface area contributed by atoms with Gasteiger partial charge in [-0.3, -0.25) is 0 Å². The van der Waals surface area contributed by atoms with Crippen LogP contribution in [0.25, 0.3) is 0 Å². The topological polar surface area (TPSA) is 37.4 Å². The van der Waals surface area contributed by atoms with Gasteiger partial charge in [-0.05, 0) is 6.92 Å². The number of hydrogen-bond acceptors (Lipinski definition) is 4. The smallest absolute Gasteiger partial charge is 0.168 e. The molecule has 2 rings (SSSR count). The van der Waals surface area contributed by atoms with Crippen molar-refractivity contribution in [1.29, 1.82) is 0 Å². The van der Waals surface area contributed by atoms with Crippen molar-refractivity contribution >= 4 is 11.6 Å². The Morgan fingerprint density at radius 2 is 2.24 bits per heavy atom. The highest BCUT2D eigenvalue weighted by Gasteiger charge is 2.22. The van der Waals surface area contributed by atoms with Gasteiger partial charge in [0.15, 0.2) is 23.3 Å². The summed E-state index contributed by atoms with van der Waals surface area (Å²) in [7, 11) is 1.55. The average Bonchev–Trinajstić information content (AvgIpc) is 2.29. The molecule has 0 spiro atoms. The molecule has 0 aliphatic carbocycles. The molecule has 1 saturated heterocycles. The first-order valence-electron chi connectivity index (χ1n) is 5.52. The maximum absolute atomic E-state index is 13.7. The molecule has 0 bridgehead atoms. The quantitative estimate of drug-likeness (QED) is 0.856. The summed E-state index contributed by atoms with van der Waals surface area (Å²) in [6, 6.07) is 0.855. The second-order valence-corrected chi connectivity index (χ2v) is 4.00. The lowest BCUT2D eigenvalue weighted by Gasteiger charge is -2.32. The normalized spacial score (nSPS) is 20.5. The summed E-state index contributed by atoms with van der Waals surface area (Å²) in [6.45, 7) is 3.54. The Morgan fingerprint density at radius 3 is 2.88 bits per heavy atom. The number of anilines is 2. The van der Waals surface area contributed by atoms with Gasteiger partial charge in [-0.1, -0.05) is 0 Å². The van der Waals surface area contributed by atoms with E-state index in [1.54, 1.807) is 11.9 Å². The molecule has 1 unspecified atom stereocenters. The molecule has 0 aromatic carbocycles. The third-order valence-corrected chi connectivity index (χ3v) is 2.69. The van der Waals surface area contributed by atoms with Gasteiger partial charge < -0.3 is 15.0 Å². The van der Waals surface area contributed by atoms with Gasteiger partial charge in [0.1, 0.15) is 0 Å². The molecule has 1 fully saturated rings. The number of nitrogens with zero attached hydrogens (tertiary/aromatic N) is 2. The molecule has 1 aromatic heterocycles. The number of halogens is 2. The van der Waals surface area contributed by atoms with Crippen molar-refractivity contribution < 1.29 is 13.5 Å². The highest BCUT2D eigenvalue weighted by Crippen LogP contribution is 2.23. The van der Waals surface area contributed by atoms with Crippen molar-refractivity contribution in [2.24, 2.45) is 0 Å². The summed E-state index contributed by atoms with van der Waals surface area (Å²) < 4.78 is 32.3. The minimum atomic E-state index is -0.685. The van der Waals surface area contributed by atoms with Crippen molar-refractivity contribution in [3.05, 3.63) is 17.7 Å². The molecule has 1 aromatic rings. The van der Waals surface area contributed by atoms with Gasteiger partial charge in [-0.2, -0.15) is 0 Å². The van der Waals surface area contributed by atoms with E-state index in [4.69, 9.17) is 4.74 Å². The van der Waals surface area contributed by atoms with Crippen LogP contribution in [0.15, 0.2) is 6.07 Å². The molecule has 2 heterocycles. The van der Waals surface area contributed by atoms with Crippen LogP contribution in [0.5, 0.6) is 0 Å². The summed E-state index contributed by atoms with van der Waals surface area (Å²) >= 11 is 0. The molecule has 1 aliphatic heterocycles. The van der Waals surface area contributed by atoms with E-state index in [0.717, 1.165) is 6.07 Å². The predicted molar refractivity (Wildman–Crippen MR) is 61.3 cm³/mol.